The molecule has 158 valence electrons. The summed E-state index contributed by atoms with van der Waals surface area (Å²) >= 11 is 1.38. The molecule has 0 aliphatic heterocycles. The maximum atomic E-state index is 12.5. The van der Waals surface area contributed by atoms with E-state index in [4.69, 9.17) is 9.47 Å². The van der Waals surface area contributed by atoms with Crippen LogP contribution >= 0.6 is 11.3 Å². The van der Waals surface area contributed by atoms with Gasteiger partial charge in [0.1, 0.15) is 11.3 Å². The summed E-state index contributed by atoms with van der Waals surface area (Å²) in [6, 6.07) is 5.90. The van der Waals surface area contributed by atoms with E-state index in [0.29, 0.717) is 28.3 Å². The van der Waals surface area contributed by atoms with Crippen molar-refractivity contribution < 1.29 is 28.7 Å². The first-order chi connectivity index (χ1) is 14.4. The van der Waals surface area contributed by atoms with Gasteiger partial charge in [-0.2, -0.15) is 0 Å². The highest BCUT2D eigenvalue weighted by atomic mass is 32.1. The van der Waals surface area contributed by atoms with Gasteiger partial charge >= 0.3 is 11.9 Å². The number of thiophene rings is 1. The standard InChI is InChI=1S/C22H23NO6S/c1-3-28-22(27)19-16-9-4-13(2)10-17(16)30-20(19)23-18(25)12-29-21(26)15-7-5-14(11-24)6-8-15/h5-8,11,13H,3-4,9-10,12H2,1-2H3,(H,23,25). The van der Waals surface area contributed by atoms with Crippen LogP contribution in [0.15, 0.2) is 24.3 Å². The highest BCUT2D eigenvalue weighted by molar-refractivity contribution is 7.17. The molecule has 1 heterocycles. The van der Waals surface area contributed by atoms with Crippen LogP contribution in [0.5, 0.6) is 0 Å². The SMILES string of the molecule is CCOC(=O)c1c(NC(=O)COC(=O)c2ccc(C=O)cc2)sc2c1CCC(C)C2. The molecule has 3 rings (SSSR count). The number of aldehydes is 1. The molecule has 1 atom stereocenters. The Morgan fingerprint density at radius 2 is 1.90 bits per heavy atom. The second-order valence-electron chi connectivity index (χ2n) is 7.14. The van der Waals surface area contributed by atoms with Crippen molar-refractivity contribution in [2.24, 2.45) is 5.92 Å². The molecule has 1 aliphatic carbocycles. The Balaban J connectivity index is 1.68. The minimum absolute atomic E-state index is 0.237. The Morgan fingerprint density at radius 3 is 2.57 bits per heavy atom. The van der Waals surface area contributed by atoms with Crippen LogP contribution in [-0.4, -0.2) is 37.3 Å². The molecular formula is C22H23NO6S. The van der Waals surface area contributed by atoms with Gasteiger partial charge in [0.2, 0.25) is 0 Å². The third kappa shape index (κ3) is 4.94. The van der Waals surface area contributed by atoms with E-state index in [2.05, 4.69) is 12.2 Å². The lowest BCUT2D eigenvalue weighted by atomic mass is 9.88. The van der Waals surface area contributed by atoms with Gasteiger partial charge in [0.05, 0.1) is 17.7 Å². The topological polar surface area (TPSA) is 98.8 Å². The third-order valence-electron chi connectivity index (χ3n) is 4.86. The van der Waals surface area contributed by atoms with Crippen LogP contribution in [0.2, 0.25) is 0 Å². The normalized spacial score (nSPS) is 15.1. The summed E-state index contributed by atoms with van der Waals surface area (Å²) in [5, 5.41) is 3.14. The number of hydrogen-bond donors (Lipinski definition) is 1. The monoisotopic (exact) mass is 429 g/mol. The van der Waals surface area contributed by atoms with E-state index in [1.807, 2.05) is 0 Å². The zero-order chi connectivity index (χ0) is 21.7. The molecule has 1 aromatic heterocycles. The van der Waals surface area contributed by atoms with Gasteiger partial charge in [0.25, 0.3) is 5.91 Å². The van der Waals surface area contributed by atoms with E-state index in [0.717, 1.165) is 29.7 Å². The van der Waals surface area contributed by atoms with Crippen molar-refractivity contribution in [1.82, 2.24) is 0 Å². The van der Waals surface area contributed by atoms with Gasteiger partial charge < -0.3 is 14.8 Å². The molecule has 8 heteroatoms. The second kappa shape index (κ2) is 9.67. The van der Waals surface area contributed by atoms with Crippen LogP contribution in [0.25, 0.3) is 0 Å². The van der Waals surface area contributed by atoms with E-state index in [1.54, 1.807) is 6.92 Å². The molecule has 7 nitrogen and oxygen atoms in total. The van der Waals surface area contributed by atoms with Gasteiger partial charge in [-0.1, -0.05) is 19.1 Å². The first-order valence-corrected chi connectivity index (χ1v) is 10.6. The number of rotatable bonds is 7. The Morgan fingerprint density at radius 1 is 1.17 bits per heavy atom. The van der Waals surface area contributed by atoms with Gasteiger partial charge in [0.15, 0.2) is 6.61 Å². The third-order valence-corrected chi connectivity index (χ3v) is 6.03. The molecule has 0 saturated heterocycles. The fourth-order valence-electron chi connectivity index (χ4n) is 3.33. The summed E-state index contributed by atoms with van der Waals surface area (Å²) in [6.45, 7) is 3.65. The molecule has 1 aliphatic rings. The number of esters is 2. The first kappa shape index (κ1) is 21.7. The van der Waals surface area contributed by atoms with Gasteiger partial charge in [-0.05, 0) is 49.8 Å². The average molecular weight is 429 g/mol. The molecule has 0 fully saturated rings. The summed E-state index contributed by atoms with van der Waals surface area (Å²) in [6.07, 6.45) is 3.27. The largest absolute Gasteiger partial charge is 0.462 e. The number of benzene rings is 1. The highest BCUT2D eigenvalue weighted by Gasteiger charge is 2.29. The summed E-state index contributed by atoms with van der Waals surface area (Å²) in [4.78, 5) is 48.7. The smallest absolute Gasteiger partial charge is 0.341 e. The number of ether oxygens (including phenoxy) is 2. The minimum Gasteiger partial charge on any atom is -0.462 e. The molecule has 0 radical (unpaired) electrons. The predicted molar refractivity (Wildman–Crippen MR) is 112 cm³/mol. The van der Waals surface area contributed by atoms with Crippen molar-refractivity contribution in [3.8, 4) is 0 Å². The van der Waals surface area contributed by atoms with E-state index in [-0.39, 0.29) is 12.2 Å². The van der Waals surface area contributed by atoms with E-state index < -0.39 is 24.5 Å². The van der Waals surface area contributed by atoms with Crippen LogP contribution in [0.3, 0.4) is 0 Å². The van der Waals surface area contributed by atoms with Crippen molar-refractivity contribution in [1.29, 1.82) is 0 Å². The fourth-order valence-corrected chi connectivity index (χ4v) is 4.75. The van der Waals surface area contributed by atoms with E-state index >= 15 is 0 Å². The van der Waals surface area contributed by atoms with Crippen LogP contribution in [0, 0.1) is 5.92 Å². The van der Waals surface area contributed by atoms with Gasteiger partial charge in [-0.3, -0.25) is 9.59 Å². The Labute approximate surface area is 178 Å². The lowest BCUT2D eigenvalue weighted by Crippen LogP contribution is -2.22. The molecule has 30 heavy (non-hydrogen) atoms. The van der Waals surface area contributed by atoms with Crippen LogP contribution in [0.4, 0.5) is 5.00 Å². The molecule has 0 saturated carbocycles. The number of carbonyl (C=O) groups is 4. The van der Waals surface area contributed by atoms with Gasteiger partial charge in [-0.25, -0.2) is 9.59 Å². The zero-order valence-corrected chi connectivity index (χ0v) is 17.7. The molecule has 1 amide bonds. The average Bonchev–Trinajstić information content (AvgIpc) is 3.09. The molecule has 1 aromatic carbocycles. The van der Waals surface area contributed by atoms with Crippen molar-refractivity contribution in [2.75, 3.05) is 18.5 Å². The maximum absolute atomic E-state index is 12.5. The van der Waals surface area contributed by atoms with Crippen LogP contribution in [-0.2, 0) is 27.1 Å². The van der Waals surface area contributed by atoms with Crippen molar-refractivity contribution in [3.05, 3.63) is 51.4 Å². The summed E-state index contributed by atoms with van der Waals surface area (Å²) in [5.41, 5.74) is 2.03. The van der Waals surface area contributed by atoms with E-state index in [1.165, 1.54) is 35.6 Å². The molecule has 0 spiro atoms. The lowest BCUT2D eigenvalue weighted by molar-refractivity contribution is -0.119. The summed E-state index contributed by atoms with van der Waals surface area (Å²) < 4.78 is 10.2. The number of amides is 1. The fraction of sp³-hybridized carbons (Fsp3) is 0.364. The molecule has 1 unspecified atom stereocenters. The number of hydrogen-bond acceptors (Lipinski definition) is 7. The van der Waals surface area contributed by atoms with Crippen molar-refractivity contribution in [3.63, 3.8) is 0 Å². The number of nitrogens with one attached hydrogen (secondary N) is 1. The number of anilines is 1. The van der Waals surface area contributed by atoms with Crippen LogP contribution in [0.1, 0.15) is 61.8 Å². The molecule has 0 bridgehead atoms. The number of carbonyl (C=O) groups excluding carboxylic acids is 4. The number of fused-ring (bicyclic) bond motifs is 1. The second-order valence-corrected chi connectivity index (χ2v) is 8.25. The Hall–Kier alpha value is -3.00. The molecule has 2 aromatic rings. The summed E-state index contributed by atoms with van der Waals surface area (Å²) in [7, 11) is 0. The maximum Gasteiger partial charge on any atom is 0.341 e. The van der Waals surface area contributed by atoms with Crippen molar-refractivity contribution in [2.45, 2.75) is 33.1 Å². The van der Waals surface area contributed by atoms with Crippen LogP contribution < -0.4 is 5.32 Å². The van der Waals surface area contributed by atoms with Gasteiger partial charge in [0, 0.05) is 10.4 Å². The highest BCUT2D eigenvalue weighted by Crippen LogP contribution is 2.40. The van der Waals surface area contributed by atoms with Gasteiger partial charge in [-0.15, -0.1) is 11.3 Å². The van der Waals surface area contributed by atoms with Crippen molar-refractivity contribution >= 4 is 40.5 Å². The Kier molecular flexibility index (Phi) is 6.99. The minimum atomic E-state index is -0.674. The molecular weight excluding hydrogens is 406 g/mol. The quantitative estimate of drug-likeness (QED) is 0.533. The first-order valence-electron chi connectivity index (χ1n) is 9.76. The Bertz CT molecular complexity index is 963. The predicted octanol–water partition coefficient (Wildman–Crippen LogP) is 3.66. The molecule has 1 N–H and O–H groups in total. The zero-order valence-electron chi connectivity index (χ0n) is 16.9. The van der Waals surface area contributed by atoms with E-state index in [9.17, 15) is 19.2 Å². The lowest BCUT2D eigenvalue weighted by Gasteiger charge is -2.18. The summed E-state index contributed by atoms with van der Waals surface area (Å²) in [5.74, 6) is -1.15.